The van der Waals surface area contributed by atoms with E-state index in [0.717, 1.165) is 42.0 Å². The zero-order valence-electron chi connectivity index (χ0n) is 30.8. The van der Waals surface area contributed by atoms with Gasteiger partial charge >= 0.3 is 11.7 Å². The second kappa shape index (κ2) is 16.1. The highest BCUT2D eigenvalue weighted by Gasteiger charge is 2.38. The van der Waals surface area contributed by atoms with E-state index in [1.165, 1.54) is 17.7 Å². The highest BCUT2D eigenvalue weighted by molar-refractivity contribution is 6.34. The van der Waals surface area contributed by atoms with Crippen LogP contribution < -0.4 is 21.1 Å². The fraction of sp³-hybridized carbons (Fsp3) is 0.500. The molecule has 0 saturated carbocycles. The first kappa shape index (κ1) is 40.1. The molecule has 0 aliphatic carbocycles. The third-order valence-electron chi connectivity index (χ3n) is 9.24. The van der Waals surface area contributed by atoms with Gasteiger partial charge in [0.05, 0.1) is 24.4 Å². The van der Waals surface area contributed by atoms with Crippen molar-refractivity contribution in [2.75, 3.05) is 24.4 Å². The smallest absolute Gasteiger partial charge is 0.356 e. The molecule has 1 heterocycles. The van der Waals surface area contributed by atoms with E-state index >= 15 is 0 Å². The number of Topliss-reactive ketones (excluding diaryl/α,β-unsaturated/α-hetero) is 1. The number of aromatic nitrogens is 2. The standard InChI is InChI=1S/C38H51ClN4O7/c1-11-37(6,7)23-15-18-29(25(20-23)38(8,9)12-2)50-19-13-14-30(44)40-24-16-17-26(39)27(21-24)41-33(46)31(32(45)36(3,4)5)43-22-28(34(47)49-10)42-35(43)48/h15-18,20-22,31H,11-14,19H2,1-10H3,(H,40,44)(H,41,46)(H,42,48). The minimum atomic E-state index is -1.63. The number of halogens is 1. The Morgan fingerprint density at radius 3 is 2.18 bits per heavy atom. The zero-order valence-corrected chi connectivity index (χ0v) is 31.6. The van der Waals surface area contributed by atoms with E-state index in [0.29, 0.717) is 18.7 Å². The van der Waals surface area contributed by atoms with Crippen LogP contribution in [0, 0.1) is 5.41 Å². The Hall–Kier alpha value is -4.38. The van der Waals surface area contributed by atoms with Gasteiger partial charge in [0.25, 0.3) is 5.91 Å². The van der Waals surface area contributed by atoms with E-state index in [1.807, 2.05) is 6.07 Å². The number of aromatic amines is 1. The highest BCUT2D eigenvalue weighted by atomic mass is 35.5. The lowest BCUT2D eigenvalue weighted by molar-refractivity contribution is -0.135. The largest absolute Gasteiger partial charge is 0.493 e. The van der Waals surface area contributed by atoms with Gasteiger partial charge in [-0.3, -0.25) is 23.9 Å². The first-order chi connectivity index (χ1) is 23.2. The predicted molar refractivity (Wildman–Crippen MR) is 196 cm³/mol. The first-order valence-corrected chi connectivity index (χ1v) is 17.2. The Kier molecular flexibility index (Phi) is 12.9. The van der Waals surface area contributed by atoms with E-state index in [4.69, 9.17) is 16.3 Å². The monoisotopic (exact) mass is 710 g/mol. The number of hydrogen-bond acceptors (Lipinski definition) is 7. The maximum absolute atomic E-state index is 13.6. The summed E-state index contributed by atoms with van der Waals surface area (Å²) in [5, 5.41) is 5.57. The molecule has 3 rings (SSSR count). The van der Waals surface area contributed by atoms with Crippen LogP contribution >= 0.6 is 11.6 Å². The average Bonchev–Trinajstić information content (AvgIpc) is 3.44. The maximum Gasteiger partial charge on any atom is 0.356 e. The van der Waals surface area contributed by atoms with Crippen molar-refractivity contribution in [1.82, 2.24) is 9.55 Å². The molecule has 0 saturated heterocycles. The summed E-state index contributed by atoms with van der Waals surface area (Å²) >= 11 is 6.39. The van der Waals surface area contributed by atoms with E-state index in [1.54, 1.807) is 26.8 Å². The van der Waals surface area contributed by atoms with Gasteiger partial charge in [0.1, 0.15) is 11.4 Å². The molecule has 12 heteroatoms. The van der Waals surface area contributed by atoms with Gasteiger partial charge in [-0.2, -0.15) is 0 Å². The lowest BCUT2D eigenvalue weighted by Crippen LogP contribution is -2.41. The van der Waals surface area contributed by atoms with Crippen molar-refractivity contribution in [3.05, 3.63) is 74.9 Å². The Bertz CT molecular complexity index is 1780. The number of benzene rings is 2. The molecule has 0 spiro atoms. The molecule has 0 radical (unpaired) electrons. The molecular formula is C38H51ClN4O7. The summed E-state index contributed by atoms with van der Waals surface area (Å²) in [5.41, 5.74) is 0.757. The SMILES string of the molecule is CCC(C)(C)c1ccc(OCCCC(=O)Nc2ccc(Cl)c(NC(=O)C(C(=O)C(C)(C)C)n3cc(C(=O)OC)[nH]c3=O)c2)c(C(C)(C)CC)c1. The molecule has 0 aliphatic heterocycles. The van der Waals surface area contributed by atoms with Crippen molar-refractivity contribution < 1.29 is 28.7 Å². The third-order valence-corrected chi connectivity index (χ3v) is 9.56. The number of carbonyl (C=O) groups excluding carboxylic acids is 4. The van der Waals surface area contributed by atoms with Gasteiger partial charge in [-0.1, -0.05) is 86.0 Å². The number of amides is 2. The van der Waals surface area contributed by atoms with Gasteiger partial charge in [0.15, 0.2) is 11.8 Å². The number of ketones is 1. The lowest BCUT2D eigenvalue weighted by Gasteiger charge is -2.30. The first-order valence-electron chi connectivity index (χ1n) is 16.9. The van der Waals surface area contributed by atoms with Crippen LogP contribution in [0.3, 0.4) is 0 Å². The van der Waals surface area contributed by atoms with Crippen molar-refractivity contribution in [2.24, 2.45) is 5.41 Å². The fourth-order valence-corrected chi connectivity index (χ4v) is 5.30. The number of imidazole rings is 1. The number of methoxy groups -OCH3 is 1. The highest BCUT2D eigenvalue weighted by Crippen LogP contribution is 2.38. The minimum absolute atomic E-state index is 0.0443. The van der Waals surface area contributed by atoms with Gasteiger partial charge in [-0.05, 0) is 59.9 Å². The number of carbonyl (C=O) groups is 4. The van der Waals surface area contributed by atoms with Crippen molar-refractivity contribution in [3.63, 3.8) is 0 Å². The van der Waals surface area contributed by atoms with Gasteiger partial charge < -0.3 is 20.1 Å². The number of hydrogen-bond donors (Lipinski definition) is 3. The molecule has 1 unspecified atom stereocenters. The van der Waals surface area contributed by atoms with Crippen molar-refractivity contribution in [2.45, 2.75) is 105 Å². The molecule has 0 aliphatic rings. The summed E-state index contributed by atoms with van der Waals surface area (Å²) in [5.74, 6) is -1.73. The van der Waals surface area contributed by atoms with Crippen LogP contribution in [0.2, 0.25) is 5.02 Å². The average molecular weight is 711 g/mol. The van der Waals surface area contributed by atoms with Crippen LogP contribution in [0.15, 0.2) is 47.4 Å². The van der Waals surface area contributed by atoms with Crippen LogP contribution in [0.4, 0.5) is 11.4 Å². The summed E-state index contributed by atoms with van der Waals surface area (Å²) in [4.78, 5) is 67.0. The van der Waals surface area contributed by atoms with E-state index < -0.39 is 34.8 Å². The molecule has 2 aromatic carbocycles. The van der Waals surface area contributed by atoms with Gasteiger partial charge in [0.2, 0.25) is 5.91 Å². The number of anilines is 2. The van der Waals surface area contributed by atoms with Crippen LogP contribution in [0.25, 0.3) is 0 Å². The Balaban J connectivity index is 1.71. The second-order valence-corrected chi connectivity index (χ2v) is 15.2. The molecule has 3 N–H and O–H groups in total. The second-order valence-electron chi connectivity index (χ2n) is 14.8. The van der Waals surface area contributed by atoms with Crippen molar-refractivity contribution in [1.29, 1.82) is 0 Å². The summed E-state index contributed by atoms with van der Waals surface area (Å²) in [6.07, 6.45) is 3.67. The summed E-state index contributed by atoms with van der Waals surface area (Å²) < 4.78 is 11.7. The number of ether oxygens (including phenoxy) is 2. The third kappa shape index (κ3) is 9.65. The molecule has 1 atom stereocenters. The zero-order chi connectivity index (χ0) is 37.6. The fourth-order valence-electron chi connectivity index (χ4n) is 5.14. The normalized spacial score (nSPS) is 12.6. The molecular weight excluding hydrogens is 660 g/mol. The topological polar surface area (TPSA) is 149 Å². The maximum atomic E-state index is 13.6. The predicted octanol–water partition coefficient (Wildman–Crippen LogP) is 7.58. The Morgan fingerprint density at radius 2 is 1.58 bits per heavy atom. The molecule has 0 fully saturated rings. The number of nitrogens with one attached hydrogen (secondary N) is 3. The molecule has 272 valence electrons. The van der Waals surface area contributed by atoms with Crippen molar-refractivity contribution >= 4 is 46.5 Å². The quantitative estimate of drug-likeness (QED) is 0.0836. The molecule has 3 aromatic rings. The number of rotatable bonds is 15. The van der Waals surface area contributed by atoms with Crippen molar-refractivity contribution in [3.8, 4) is 5.75 Å². The molecule has 1 aromatic heterocycles. The molecule has 50 heavy (non-hydrogen) atoms. The van der Waals surface area contributed by atoms with Gasteiger partial charge in [-0.25, -0.2) is 9.59 Å². The molecule has 2 amide bonds. The van der Waals surface area contributed by atoms with Crippen LogP contribution in [0.5, 0.6) is 5.75 Å². The number of esters is 1. The summed E-state index contributed by atoms with van der Waals surface area (Å²) in [6, 6.07) is 9.32. The number of H-pyrrole nitrogens is 1. The van der Waals surface area contributed by atoms with E-state index in [-0.39, 0.29) is 39.6 Å². The molecule has 11 nitrogen and oxygen atoms in total. The van der Waals surface area contributed by atoms with E-state index in [9.17, 15) is 24.0 Å². The summed E-state index contributed by atoms with van der Waals surface area (Å²) in [7, 11) is 1.14. The van der Waals surface area contributed by atoms with Crippen LogP contribution in [-0.4, -0.2) is 46.8 Å². The van der Waals surface area contributed by atoms with Gasteiger partial charge in [0, 0.05) is 29.3 Å². The number of nitrogens with zero attached hydrogens (tertiary/aromatic N) is 1. The molecule has 0 bridgehead atoms. The Morgan fingerprint density at radius 1 is 0.920 bits per heavy atom. The van der Waals surface area contributed by atoms with Gasteiger partial charge in [-0.15, -0.1) is 0 Å². The minimum Gasteiger partial charge on any atom is -0.493 e. The lowest BCUT2D eigenvalue weighted by atomic mass is 9.76. The van der Waals surface area contributed by atoms with Crippen LogP contribution in [-0.2, 0) is 30.0 Å². The van der Waals surface area contributed by atoms with E-state index in [2.05, 4.69) is 74.0 Å². The van der Waals surface area contributed by atoms with Crippen LogP contribution in [0.1, 0.15) is 116 Å². The summed E-state index contributed by atoms with van der Waals surface area (Å²) in [6.45, 7) is 18.4. The Labute approximate surface area is 299 Å².